The van der Waals surface area contributed by atoms with Gasteiger partial charge in [-0.05, 0) is 42.8 Å². The van der Waals surface area contributed by atoms with Crippen molar-refractivity contribution in [3.63, 3.8) is 0 Å². The van der Waals surface area contributed by atoms with Crippen LogP contribution < -0.4 is 10.1 Å². The molecule has 108 valence electrons. The first-order valence-electron chi connectivity index (χ1n) is 6.84. The van der Waals surface area contributed by atoms with Crippen LogP contribution in [0.5, 0.6) is 5.75 Å². The number of rotatable bonds is 2. The molecule has 0 bridgehead atoms. The maximum absolute atomic E-state index is 11.5. The van der Waals surface area contributed by atoms with Gasteiger partial charge in [0.1, 0.15) is 11.3 Å². The van der Waals surface area contributed by atoms with Crippen LogP contribution in [-0.2, 0) is 0 Å². The Balaban J connectivity index is 2.45. The van der Waals surface area contributed by atoms with Crippen LogP contribution in [0.2, 0.25) is 18.1 Å². The van der Waals surface area contributed by atoms with Gasteiger partial charge in [-0.2, -0.15) is 0 Å². The van der Waals surface area contributed by atoms with Crippen LogP contribution in [0.4, 0.5) is 0 Å². The molecule has 0 N–H and O–H groups in total. The van der Waals surface area contributed by atoms with Crippen LogP contribution in [0.25, 0.3) is 11.0 Å². The summed E-state index contributed by atoms with van der Waals surface area (Å²) in [4.78, 5) is 11.5. The zero-order valence-corrected chi connectivity index (χ0v) is 14.0. The van der Waals surface area contributed by atoms with Crippen LogP contribution in [0.1, 0.15) is 26.3 Å². The van der Waals surface area contributed by atoms with Crippen molar-refractivity contribution in [1.82, 2.24) is 0 Å². The number of hydrogen-bond donors (Lipinski definition) is 0. The molecule has 20 heavy (non-hydrogen) atoms. The minimum Gasteiger partial charge on any atom is -0.543 e. The zero-order chi connectivity index (χ0) is 15.1. The van der Waals surface area contributed by atoms with Crippen LogP contribution in [0, 0.1) is 6.92 Å². The van der Waals surface area contributed by atoms with Gasteiger partial charge < -0.3 is 8.84 Å². The summed E-state index contributed by atoms with van der Waals surface area (Å²) in [5.74, 6) is 0.776. The third-order valence-corrected chi connectivity index (χ3v) is 8.46. The molecule has 0 spiro atoms. The summed E-state index contributed by atoms with van der Waals surface area (Å²) in [6.45, 7) is 12.9. The normalized spacial score (nSPS) is 12.7. The molecule has 0 fully saturated rings. The molecule has 0 unspecified atom stereocenters. The fraction of sp³-hybridized carbons (Fsp3) is 0.438. The Bertz CT molecular complexity index is 693. The highest BCUT2D eigenvalue weighted by molar-refractivity contribution is 6.74. The van der Waals surface area contributed by atoms with Crippen molar-refractivity contribution in [2.24, 2.45) is 0 Å². The third kappa shape index (κ3) is 2.80. The summed E-state index contributed by atoms with van der Waals surface area (Å²) >= 11 is 0. The van der Waals surface area contributed by atoms with E-state index in [1.807, 2.05) is 25.1 Å². The van der Waals surface area contributed by atoms with Crippen molar-refractivity contribution in [2.75, 3.05) is 0 Å². The summed E-state index contributed by atoms with van der Waals surface area (Å²) in [6.07, 6.45) is 0. The first-order chi connectivity index (χ1) is 9.10. The van der Waals surface area contributed by atoms with Gasteiger partial charge in [0.15, 0.2) is 0 Å². The smallest absolute Gasteiger partial charge is 0.336 e. The second-order valence-electron chi connectivity index (χ2n) is 6.77. The lowest BCUT2D eigenvalue weighted by molar-refractivity contribution is 0.490. The third-order valence-electron chi connectivity index (χ3n) is 4.10. The molecule has 1 aromatic carbocycles. The Morgan fingerprint density at radius 1 is 1.15 bits per heavy atom. The average Bonchev–Trinajstić information content (AvgIpc) is 2.25. The Labute approximate surface area is 120 Å². The monoisotopic (exact) mass is 290 g/mol. The van der Waals surface area contributed by atoms with E-state index in [1.54, 1.807) is 0 Å². The predicted molar refractivity (Wildman–Crippen MR) is 85.0 cm³/mol. The molecule has 1 heterocycles. The molecule has 0 saturated carbocycles. The maximum Gasteiger partial charge on any atom is 0.336 e. The van der Waals surface area contributed by atoms with E-state index in [9.17, 15) is 4.79 Å². The predicted octanol–water partition coefficient (Wildman–Crippen LogP) is 4.49. The minimum atomic E-state index is -1.88. The molecule has 0 amide bonds. The van der Waals surface area contributed by atoms with Gasteiger partial charge in [0.05, 0.1) is 0 Å². The SMILES string of the molecule is Cc1cc(=O)oc2cc(O[Si](C)(C)C(C)(C)C)ccc12. The zero-order valence-electron chi connectivity index (χ0n) is 13.0. The lowest BCUT2D eigenvalue weighted by Gasteiger charge is -2.36. The minimum absolute atomic E-state index is 0.134. The van der Waals surface area contributed by atoms with E-state index >= 15 is 0 Å². The van der Waals surface area contributed by atoms with Crippen LogP contribution in [0.15, 0.2) is 33.5 Å². The molecule has 4 heteroatoms. The van der Waals surface area contributed by atoms with E-state index in [2.05, 4.69) is 33.9 Å². The molecule has 3 nitrogen and oxygen atoms in total. The Morgan fingerprint density at radius 2 is 1.80 bits per heavy atom. The van der Waals surface area contributed by atoms with Crippen molar-refractivity contribution in [1.29, 1.82) is 0 Å². The summed E-state index contributed by atoms with van der Waals surface area (Å²) < 4.78 is 11.5. The summed E-state index contributed by atoms with van der Waals surface area (Å²) in [7, 11) is -1.88. The largest absolute Gasteiger partial charge is 0.543 e. The van der Waals surface area contributed by atoms with E-state index in [-0.39, 0.29) is 10.7 Å². The molecular weight excluding hydrogens is 268 g/mol. The van der Waals surface area contributed by atoms with Crippen molar-refractivity contribution in [3.05, 3.63) is 40.2 Å². The lowest BCUT2D eigenvalue weighted by Crippen LogP contribution is -2.43. The molecule has 0 aliphatic heterocycles. The first-order valence-corrected chi connectivity index (χ1v) is 9.74. The average molecular weight is 290 g/mol. The second-order valence-corrected chi connectivity index (χ2v) is 11.5. The molecular formula is C16H22O3Si. The van der Waals surface area contributed by atoms with Gasteiger partial charge in [0.2, 0.25) is 8.32 Å². The van der Waals surface area contributed by atoms with Gasteiger partial charge in [0.25, 0.3) is 0 Å². The molecule has 0 aliphatic rings. The molecule has 0 atom stereocenters. The Kier molecular flexibility index (Phi) is 3.54. The van der Waals surface area contributed by atoms with Gasteiger partial charge in [0, 0.05) is 17.5 Å². The lowest BCUT2D eigenvalue weighted by atomic mass is 10.1. The van der Waals surface area contributed by atoms with Crippen molar-refractivity contribution in [2.45, 2.75) is 45.8 Å². The van der Waals surface area contributed by atoms with E-state index in [4.69, 9.17) is 8.84 Å². The van der Waals surface area contributed by atoms with Crippen LogP contribution in [-0.4, -0.2) is 8.32 Å². The first kappa shape index (κ1) is 14.8. The highest BCUT2D eigenvalue weighted by Crippen LogP contribution is 2.37. The number of fused-ring (bicyclic) bond motifs is 1. The van der Waals surface area contributed by atoms with Crippen LogP contribution in [0.3, 0.4) is 0 Å². The standard InChI is InChI=1S/C16H22O3Si/c1-11-9-15(17)18-14-10-12(7-8-13(11)14)19-20(5,6)16(2,3)4/h7-10H,1-6H3. The molecule has 0 aliphatic carbocycles. The number of aryl methyl sites for hydroxylation is 1. The highest BCUT2D eigenvalue weighted by Gasteiger charge is 2.39. The topological polar surface area (TPSA) is 39.4 Å². The van der Waals surface area contributed by atoms with Gasteiger partial charge >= 0.3 is 5.63 Å². The van der Waals surface area contributed by atoms with Gasteiger partial charge in [-0.1, -0.05) is 20.8 Å². The van der Waals surface area contributed by atoms with E-state index in [0.717, 1.165) is 16.7 Å². The number of hydrogen-bond acceptors (Lipinski definition) is 3. The summed E-state index contributed by atoms with van der Waals surface area (Å²) in [6, 6.07) is 7.24. The summed E-state index contributed by atoms with van der Waals surface area (Å²) in [5.41, 5.74) is 1.20. The Morgan fingerprint density at radius 3 is 2.40 bits per heavy atom. The molecule has 0 saturated heterocycles. The molecule has 2 rings (SSSR count). The van der Waals surface area contributed by atoms with E-state index in [1.165, 1.54) is 6.07 Å². The fourth-order valence-electron chi connectivity index (χ4n) is 1.82. The van der Waals surface area contributed by atoms with E-state index in [0.29, 0.717) is 5.58 Å². The summed E-state index contributed by atoms with van der Waals surface area (Å²) in [5, 5.41) is 1.09. The highest BCUT2D eigenvalue weighted by atomic mass is 28.4. The fourth-order valence-corrected chi connectivity index (χ4v) is 2.84. The second kappa shape index (κ2) is 4.77. The van der Waals surface area contributed by atoms with Crippen molar-refractivity contribution in [3.8, 4) is 5.75 Å². The molecule has 1 aromatic heterocycles. The molecule has 0 radical (unpaired) electrons. The van der Waals surface area contributed by atoms with Crippen molar-refractivity contribution < 1.29 is 8.84 Å². The molecule has 2 aromatic rings. The van der Waals surface area contributed by atoms with E-state index < -0.39 is 8.32 Å². The van der Waals surface area contributed by atoms with Gasteiger partial charge in [-0.15, -0.1) is 0 Å². The Hall–Kier alpha value is -1.55. The van der Waals surface area contributed by atoms with Gasteiger partial charge in [-0.3, -0.25) is 0 Å². The van der Waals surface area contributed by atoms with Gasteiger partial charge in [-0.25, -0.2) is 4.79 Å². The quantitative estimate of drug-likeness (QED) is 0.604. The van der Waals surface area contributed by atoms with Crippen molar-refractivity contribution >= 4 is 19.3 Å². The van der Waals surface area contributed by atoms with Crippen LogP contribution >= 0.6 is 0 Å². The number of benzene rings is 1. The maximum atomic E-state index is 11.5.